The minimum Gasteiger partial charge on any atom is -0.444 e. The molecule has 0 aliphatic rings. The summed E-state index contributed by atoms with van der Waals surface area (Å²) in [5.41, 5.74) is 4.07. The Labute approximate surface area is 146 Å². The van der Waals surface area contributed by atoms with E-state index in [0.29, 0.717) is 0 Å². The number of carbonyl (C=O) groups excluding carboxylic acids is 3. The van der Waals surface area contributed by atoms with Gasteiger partial charge in [0.25, 0.3) is 5.91 Å². The van der Waals surface area contributed by atoms with Crippen LogP contribution in [0.4, 0.5) is 9.18 Å². The first-order valence-electron chi connectivity index (χ1n) is 7.80. The summed E-state index contributed by atoms with van der Waals surface area (Å²) in [7, 11) is 1.53. The number of rotatable bonds is 4. The second kappa shape index (κ2) is 8.46. The number of hydrogen-bond acceptors (Lipinski definition) is 4. The van der Waals surface area contributed by atoms with Gasteiger partial charge in [-0.3, -0.25) is 20.4 Å². The second-order valence-electron chi connectivity index (χ2n) is 6.65. The number of hydrogen-bond donors (Lipinski definition) is 2. The number of benzene rings is 1. The summed E-state index contributed by atoms with van der Waals surface area (Å²) >= 11 is 0. The summed E-state index contributed by atoms with van der Waals surface area (Å²) in [5.74, 6) is -1.50. The van der Waals surface area contributed by atoms with Gasteiger partial charge in [-0.15, -0.1) is 0 Å². The Balaban J connectivity index is 2.46. The highest BCUT2D eigenvalue weighted by atomic mass is 19.1. The first-order valence-corrected chi connectivity index (χ1v) is 7.80. The van der Waals surface area contributed by atoms with Gasteiger partial charge in [0, 0.05) is 25.1 Å². The van der Waals surface area contributed by atoms with Gasteiger partial charge in [0.05, 0.1) is 0 Å². The number of halogens is 1. The smallest absolute Gasteiger partial charge is 0.410 e. The lowest BCUT2D eigenvalue weighted by atomic mass is 10.2. The topological polar surface area (TPSA) is 87.7 Å². The lowest BCUT2D eigenvalue weighted by Crippen LogP contribution is -2.46. The summed E-state index contributed by atoms with van der Waals surface area (Å²) in [5, 5.41) is 0. The fourth-order valence-corrected chi connectivity index (χ4v) is 1.77. The molecule has 1 aromatic rings. The van der Waals surface area contributed by atoms with E-state index >= 15 is 0 Å². The predicted octanol–water partition coefficient (Wildman–Crippen LogP) is 2.23. The van der Waals surface area contributed by atoms with Crippen LogP contribution in [0.15, 0.2) is 24.3 Å². The van der Waals surface area contributed by atoms with Crippen LogP contribution in [0, 0.1) is 5.82 Å². The zero-order chi connectivity index (χ0) is 19.2. The van der Waals surface area contributed by atoms with Crippen molar-refractivity contribution in [3.05, 3.63) is 35.6 Å². The van der Waals surface area contributed by atoms with Crippen LogP contribution in [0.5, 0.6) is 0 Å². The quantitative estimate of drug-likeness (QED) is 0.813. The Kier molecular flexibility index (Phi) is 6.90. The molecule has 0 aliphatic carbocycles. The van der Waals surface area contributed by atoms with E-state index in [1.54, 1.807) is 27.7 Å². The number of nitrogens with zero attached hydrogens (tertiary/aromatic N) is 1. The zero-order valence-corrected chi connectivity index (χ0v) is 15.1. The predicted molar refractivity (Wildman–Crippen MR) is 90.1 cm³/mol. The van der Waals surface area contributed by atoms with Gasteiger partial charge in [-0.05, 0) is 52.0 Å². The van der Waals surface area contributed by atoms with Crippen molar-refractivity contribution in [2.24, 2.45) is 0 Å². The third-order valence-electron chi connectivity index (χ3n) is 3.25. The number of carbonyl (C=O) groups is 3. The van der Waals surface area contributed by atoms with Crippen molar-refractivity contribution in [3.8, 4) is 0 Å². The van der Waals surface area contributed by atoms with Crippen molar-refractivity contribution in [3.63, 3.8) is 0 Å². The van der Waals surface area contributed by atoms with Gasteiger partial charge < -0.3 is 9.64 Å². The summed E-state index contributed by atoms with van der Waals surface area (Å²) in [4.78, 5) is 36.9. The molecule has 138 valence electrons. The molecule has 1 aromatic carbocycles. The summed E-state index contributed by atoms with van der Waals surface area (Å²) in [6.45, 7) is 6.94. The van der Waals surface area contributed by atoms with Crippen molar-refractivity contribution in [2.75, 3.05) is 7.05 Å². The standard InChI is InChI=1S/C17H24FN3O4/c1-11(21(5)16(24)25-17(2,3)4)10-14(22)19-20-15(23)12-6-8-13(18)9-7-12/h6-9,11H,10H2,1-5H3,(H,19,22)(H,20,23). The number of nitrogens with one attached hydrogen (secondary N) is 2. The maximum atomic E-state index is 12.8. The molecule has 1 atom stereocenters. The molecule has 25 heavy (non-hydrogen) atoms. The van der Waals surface area contributed by atoms with E-state index in [2.05, 4.69) is 10.9 Å². The molecular formula is C17H24FN3O4. The molecule has 0 fully saturated rings. The molecule has 1 unspecified atom stereocenters. The molecule has 0 aliphatic heterocycles. The molecule has 0 radical (unpaired) electrons. The third-order valence-corrected chi connectivity index (χ3v) is 3.25. The van der Waals surface area contributed by atoms with Crippen molar-refractivity contribution in [1.29, 1.82) is 0 Å². The Bertz CT molecular complexity index is 626. The highest BCUT2D eigenvalue weighted by Crippen LogP contribution is 2.11. The van der Waals surface area contributed by atoms with E-state index in [1.807, 2.05) is 0 Å². The van der Waals surface area contributed by atoms with Crippen LogP contribution in [-0.4, -0.2) is 41.5 Å². The lowest BCUT2D eigenvalue weighted by Gasteiger charge is -2.28. The highest BCUT2D eigenvalue weighted by molar-refractivity contribution is 5.95. The largest absolute Gasteiger partial charge is 0.444 e. The first-order chi connectivity index (χ1) is 11.5. The van der Waals surface area contributed by atoms with Crippen LogP contribution in [0.1, 0.15) is 44.5 Å². The van der Waals surface area contributed by atoms with E-state index in [1.165, 1.54) is 24.1 Å². The van der Waals surface area contributed by atoms with E-state index in [0.717, 1.165) is 12.1 Å². The molecule has 0 aromatic heterocycles. The minimum absolute atomic E-state index is 0.0283. The number of amides is 3. The monoisotopic (exact) mass is 353 g/mol. The molecule has 0 bridgehead atoms. The average molecular weight is 353 g/mol. The number of hydrazine groups is 1. The van der Waals surface area contributed by atoms with Crippen molar-refractivity contribution >= 4 is 17.9 Å². The maximum Gasteiger partial charge on any atom is 0.410 e. The maximum absolute atomic E-state index is 12.8. The molecule has 0 saturated heterocycles. The van der Waals surface area contributed by atoms with Gasteiger partial charge in [-0.1, -0.05) is 0 Å². The fourth-order valence-electron chi connectivity index (χ4n) is 1.77. The molecular weight excluding hydrogens is 329 g/mol. The fraction of sp³-hybridized carbons (Fsp3) is 0.471. The van der Waals surface area contributed by atoms with Crippen molar-refractivity contribution in [2.45, 2.75) is 45.8 Å². The molecule has 0 saturated carbocycles. The van der Waals surface area contributed by atoms with E-state index in [9.17, 15) is 18.8 Å². The Morgan fingerprint density at radius 3 is 2.24 bits per heavy atom. The Morgan fingerprint density at radius 1 is 1.16 bits per heavy atom. The average Bonchev–Trinajstić information content (AvgIpc) is 2.50. The van der Waals surface area contributed by atoms with Gasteiger partial charge in [0.1, 0.15) is 11.4 Å². The van der Waals surface area contributed by atoms with Crippen LogP contribution in [0.2, 0.25) is 0 Å². The number of ether oxygens (including phenoxy) is 1. The molecule has 0 heterocycles. The molecule has 3 amide bonds. The summed E-state index contributed by atoms with van der Waals surface area (Å²) < 4.78 is 18.0. The molecule has 8 heteroatoms. The Morgan fingerprint density at radius 2 is 1.72 bits per heavy atom. The van der Waals surface area contributed by atoms with Gasteiger partial charge in [-0.2, -0.15) is 0 Å². The first kappa shape index (κ1) is 20.4. The van der Waals surface area contributed by atoms with E-state index in [-0.39, 0.29) is 12.0 Å². The third kappa shape index (κ3) is 7.19. The molecule has 0 spiro atoms. The SMILES string of the molecule is CC(CC(=O)NNC(=O)c1ccc(F)cc1)N(C)C(=O)OC(C)(C)C. The van der Waals surface area contributed by atoms with Gasteiger partial charge >= 0.3 is 6.09 Å². The van der Waals surface area contributed by atoms with E-state index < -0.39 is 35.4 Å². The summed E-state index contributed by atoms with van der Waals surface area (Å²) in [6, 6.07) is 4.46. The van der Waals surface area contributed by atoms with Crippen LogP contribution in [-0.2, 0) is 9.53 Å². The highest BCUT2D eigenvalue weighted by Gasteiger charge is 2.24. The molecule has 1 rings (SSSR count). The summed E-state index contributed by atoms with van der Waals surface area (Å²) in [6.07, 6.45) is -0.567. The van der Waals surface area contributed by atoms with Crippen molar-refractivity contribution < 1.29 is 23.5 Å². The van der Waals surface area contributed by atoms with Gasteiger partial charge in [-0.25, -0.2) is 9.18 Å². The molecule has 7 nitrogen and oxygen atoms in total. The van der Waals surface area contributed by atoms with Crippen LogP contribution in [0.25, 0.3) is 0 Å². The normalized spacial score (nSPS) is 12.1. The van der Waals surface area contributed by atoms with Crippen LogP contribution < -0.4 is 10.9 Å². The second-order valence-corrected chi connectivity index (χ2v) is 6.65. The Hall–Kier alpha value is -2.64. The van der Waals surface area contributed by atoms with Crippen molar-refractivity contribution in [1.82, 2.24) is 15.8 Å². The van der Waals surface area contributed by atoms with Crippen LogP contribution in [0.3, 0.4) is 0 Å². The van der Waals surface area contributed by atoms with Crippen LogP contribution >= 0.6 is 0 Å². The lowest BCUT2D eigenvalue weighted by molar-refractivity contribution is -0.122. The van der Waals surface area contributed by atoms with Gasteiger partial charge in [0.15, 0.2) is 0 Å². The van der Waals surface area contributed by atoms with Gasteiger partial charge in [0.2, 0.25) is 5.91 Å². The van der Waals surface area contributed by atoms with E-state index in [4.69, 9.17) is 4.74 Å². The zero-order valence-electron chi connectivity index (χ0n) is 15.1. The minimum atomic E-state index is -0.629. The molecule has 2 N–H and O–H groups in total.